The Kier molecular flexibility index (Phi) is 9.48. The molecule has 0 saturated carbocycles. The normalized spacial score (nSPS) is 25.0. The number of nitrogens with zero attached hydrogens (tertiary/aromatic N) is 3. The van der Waals surface area contributed by atoms with Gasteiger partial charge in [-0.05, 0) is 98.2 Å². The molecule has 1 heterocycles. The van der Waals surface area contributed by atoms with Gasteiger partial charge in [0.05, 0.1) is 0 Å². The summed E-state index contributed by atoms with van der Waals surface area (Å²) in [6.45, 7) is 8.22. The molecule has 1 aliphatic heterocycles. The monoisotopic (exact) mass is 346 g/mol. The van der Waals surface area contributed by atoms with Gasteiger partial charge in [0.2, 0.25) is 0 Å². The quantitative estimate of drug-likeness (QED) is 0.844. The summed E-state index contributed by atoms with van der Waals surface area (Å²) < 4.78 is 0. The van der Waals surface area contributed by atoms with E-state index in [2.05, 4.69) is 71.5 Å². The highest BCUT2D eigenvalue weighted by atomic mass is 15.1. The maximum absolute atomic E-state index is 3.80. The predicted octanol–water partition coefficient (Wildman–Crippen LogP) is 2.69. The summed E-state index contributed by atoms with van der Waals surface area (Å²) in [6.07, 6.45) is 4.91. The molecule has 0 amide bonds. The van der Waals surface area contributed by atoms with E-state index in [1.54, 1.807) is 0 Å². The Morgan fingerprint density at radius 1 is 0.720 bits per heavy atom. The van der Waals surface area contributed by atoms with Crippen molar-refractivity contribution in [2.45, 2.75) is 31.7 Å². The summed E-state index contributed by atoms with van der Waals surface area (Å²) in [6, 6.07) is 11.4. The summed E-state index contributed by atoms with van der Waals surface area (Å²) in [5, 5.41) is 3.80. The zero-order valence-electron chi connectivity index (χ0n) is 16.6. The summed E-state index contributed by atoms with van der Waals surface area (Å²) >= 11 is 0. The highest BCUT2D eigenvalue weighted by molar-refractivity contribution is 5.18. The molecule has 1 aliphatic rings. The van der Waals surface area contributed by atoms with Crippen LogP contribution in [0.1, 0.15) is 37.3 Å². The summed E-state index contributed by atoms with van der Waals surface area (Å²) in [4.78, 5) is 7.46. The van der Waals surface area contributed by atoms with E-state index >= 15 is 0 Å². The van der Waals surface area contributed by atoms with Crippen LogP contribution in [0.4, 0.5) is 0 Å². The third-order valence-electron chi connectivity index (χ3n) is 5.27. The maximum atomic E-state index is 3.80. The molecule has 0 aliphatic carbocycles. The van der Waals surface area contributed by atoms with Gasteiger partial charge in [-0.2, -0.15) is 0 Å². The third kappa shape index (κ3) is 8.32. The van der Waals surface area contributed by atoms with E-state index in [9.17, 15) is 0 Å². The largest absolute Gasteiger partial charge is 0.310 e. The number of nitrogens with one attached hydrogen (secondary N) is 1. The fourth-order valence-corrected chi connectivity index (χ4v) is 3.60. The first-order valence-corrected chi connectivity index (χ1v) is 9.99. The van der Waals surface area contributed by atoms with Gasteiger partial charge in [-0.15, -0.1) is 0 Å². The molecule has 4 nitrogen and oxygen atoms in total. The van der Waals surface area contributed by atoms with Crippen LogP contribution in [0.2, 0.25) is 0 Å². The molecule has 1 aromatic rings. The molecule has 0 radical (unpaired) electrons. The van der Waals surface area contributed by atoms with Gasteiger partial charge in [-0.3, -0.25) is 0 Å². The average molecular weight is 347 g/mol. The van der Waals surface area contributed by atoms with Crippen LogP contribution in [0, 0.1) is 0 Å². The summed E-state index contributed by atoms with van der Waals surface area (Å²) in [5.41, 5.74) is 1.42. The molecule has 1 atom stereocenters. The van der Waals surface area contributed by atoms with E-state index < -0.39 is 0 Å². The highest BCUT2D eigenvalue weighted by Gasteiger charge is 2.12. The van der Waals surface area contributed by atoms with Crippen molar-refractivity contribution in [1.29, 1.82) is 0 Å². The molecule has 1 saturated heterocycles. The molecule has 0 bridgehead atoms. The van der Waals surface area contributed by atoms with Crippen molar-refractivity contribution in [3.63, 3.8) is 0 Å². The maximum Gasteiger partial charge on any atom is 0.0332 e. The summed E-state index contributed by atoms with van der Waals surface area (Å²) in [7, 11) is 6.78. The van der Waals surface area contributed by atoms with Gasteiger partial charge in [0.25, 0.3) is 0 Å². The Morgan fingerprint density at radius 2 is 1.24 bits per heavy atom. The van der Waals surface area contributed by atoms with Gasteiger partial charge in [0, 0.05) is 6.04 Å². The van der Waals surface area contributed by atoms with Crippen LogP contribution in [0.3, 0.4) is 0 Å². The average Bonchev–Trinajstić information content (AvgIpc) is 2.61. The zero-order valence-corrected chi connectivity index (χ0v) is 16.6. The minimum Gasteiger partial charge on any atom is -0.310 e. The minimum atomic E-state index is 0.463. The molecule has 25 heavy (non-hydrogen) atoms. The smallest absolute Gasteiger partial charge is 0.0332 e. The van der Waals surface area contributed by atoms with Gasteiger partial charge < -0.3 is 20.0 Å². The summed E-state index contributed by atoms with van der Waals surface area (Å²) in [5.74, 6) is 0. The lowest BCUT2D eigenvalue weighted by molar-refractivity contribution is 0.246. The van der Waals surface area contributed by atoms with Crippen molar-refractivity contribution >= 4 is 0 Å². The lowest BCUT2D eigenvalue weighted by Gasteiger charge is -2.26. The SMILES string of the molecule is CN1CCCNC(c2ccccc2)CCN(C)CCCN(C)CCC1. The topological polar surface area (TPSA) is 21.8 Å². The van der Waals surface area contributed by atoms with Crippen LogP contribution in [0.25, 0.3) is 0 Å². The number of hydrogen-bond acceptors (Lipinski definition) is 4. The van der Waals surface area contributed by atoms with E-state index in [4.69, 9.17) is 0 Å². The minimum absolute atomic E-state index is 0.463. The lowest BCUT2D eigenvalue weighted by Crippen LogP contribution is -2.33. The molecular weight excluding hydrogens is 308 g/mol. The van der Waals surface area contributed by atoms with Crippen molar-refractivity contribution in [2.24, 2.45) is 0 Å². The molecule has 1 N–H and O–H groups in total. The van der Waals surface area contributed by atoms with E-state index in [0.717, 1.165) is 13.1 Å². The number of rotatable bonds is 1. The lowest BCUT2D eigenvalue weighted by atomic mass is 10.0. The van der Waals surface area contributed by atoms with E-state index in [1.807, 2.05) is 0 Å². The second-order valence-corrected chi connectivity index (χ2v) is 7.68. The molecular formula is C21H38N4. The Bertz CT molecular complexity index is 450. The molecule has 1 fully saturated rings. The van der Waals surface area contributed by atoms with Crippen LogP contribution in [-0.4, -0.2) is 81.7 Å². The molecule has 142 valence electrons. The van der Waals surface area contributed by atoms with E-state index in [1.165, 1.54) is 64.0 Å². The molecule has 0 spiro atoms. The third-order valence-corrected chi connectivity index (χ3v) is 5.27. The fourth-order valence-electron chi connectivity index (χ4n) is 3.60. The first-order valence-electron chi connectivity index (χ1n) is 9.99. The van der Waals surface area contributed by atoms with Crippen LogP contribution in [0.5, 0.6) is 0 Å². The molecule has 1 unspecified atom stereocenters. The van der Waals surface area contributed by atoms with Gasteiger partial charge >= 0.3 is 0 Å². The Morgan fingerprint density at radius 3 is 1.84 bits per heavy atom. The highest BCUT2D eigenvalue weighted by Crippen LogP contribution is 2.17. The van der Waals surface area contributed by atoms with Gasteiger partial charge in [0.1, 0.15) is 0 Å². The predicted molar refractivity (Wildman–Crippen MR) is 108 cm³/mol. The molecule has 2 rings (SSSR count). The van der Waals surface area contributed by atoms with E-state index in [0.29, 0.717) is 6.04 Å². The molecule has 4 heteroatoms. The molecule has 0 aromatic heterocycles. The second kappa shape index (κ2) is 11.6. The Hall–Kier alpha value is -0.940. The van der Waals surface area contributed by atoms with Crippen molar-refractivity contribution < 1.29 is 0 Å². The van der Waals surface area contributed by atoms with Gasteiger partial charge in [0.15, 0.2) is 0 Å². The number of benzene rings is 1. The van der Waals surface area contributed by atoms with Crippen molar-refractivity contribution in [1.82, 2.24) is 20.0 Å². The second-order valence-electron chi connectivity index (χ2n) is 7.68. The van der Waals surface area contributed by atoms with Gasteiger partial charge in [-0.1, -0.05) is 30.3 Å². The Balaban J connectivity index is 1.92. The first kappa shape index (κ1) is 20.4. The van der Waals surface area contributed by atoms with Crippen LogP contribution in [0.15, 0.2) is 30.3 Å². The van der Waals surface area contributed by atoms with Crippen molar-refractivity contribution in [3.05, 3.63) is 35.9 Å². The van der Waals surface area contributed by atoms with Crippen LogP contribution in [-0.2, 0) is 0 Å². The Labute approximate surface area is 155 Å². The standard InChI is InChI=1S/C21H38N4/c1-23-14-7-13-22-21(20-10-5-4-6-11-20)12-19-25(3)18-9-17-24(2)16-8-15-23/h4-6,10-11,21-22H,7-9,12-19H2,1-3H3. The first-order chi connectivity index (χ1) is 12.1. The number of hydrogen-bond donors (Lipinski definition) is 1. The molecule has 1 aromatic carbocycles. The van der Waals surface area contributed by atoms with Gasteiger partial charge in [-0.25, -0.2) is 0 Å². The van der Waals surface area contributed by atoms with Crippen LogP contribution < -0.4 is 5.32 Å². The van der Waals surface area contributed by atoms with Crippen molar-refractivity contribution in [2.75, 3.05) is 67.0 Å². The fraction of sp³-hybridized carbons (Fsp3) is 0.714. The zero-order chi connectivity index (χ0) is 17.9. The van der Waals surface area contributed by atoms with Crippen molar-refractivity contribution in [3.8, 4) is 0 Å². The van der Waals surface area contributed by atoms with Crippen LogP contribution >= 0.6 is 0 Å². The van der Waals surface area contributed by atoms with E-state index in [-0.39, 0.29) is 0 Å².